The highest BCUT2D eigenvalue weighted by Crippen LogP contribution is 2.32. The zero-order valence-corrected chi connectivity index (χ0v) is 18.7. The number of rotatable bonds is 10. The van der Waals surface area contributed by atoms with E-state index in [9.17, 15) is 8.42 Å². The number of ether oxygens (including phenoxy) is 1. The average Bonchev–Trinajstić information content (AvgIpc) is 3.25. The summed E-state index contributed by atoms with van der Waals surface area (Å²) in [6.07, 6.45) is 1.01. The van der Waals surface area contributed by atoms with Gasteiger partial charge < -0.3 is 9.72 Å². The molecule has 0 aliphatic carbocycles. The Labute approximate surface area is 179 Å². The van der Waals surface area contributed by atoms with E-state index in [4.69, 9.17) is 4.74 Å². The first-order chi connectivity index (χ1) is 14.5. The minimum Gasteiger partial charge on any atom is -0.496 e. The van der Waals surface area contributed by atoms with Crippen molar-refractivity contribution in [1.29, 1.82) is 0 Å². The normalized spacial score (nSPS) is 11.7. The Hall–Kier alpha value is -2.57. The Morgan fingerprint density at radius 3 is 2.43 bits per heavy atom. The van der Waals surface area contributed by atoms with Gasteiger partial charge in [0, 0.05) is 30.0 Å². The average molecular weight is 427 g/mol. The van der Waals surface area contributed by atoms with Crippen LogP contribution in [-0.4, -0.2) is 44.3 Å². The number of methoxy groups -OCH3 is 1. The van der Waals surface area contributed by atoms with Crippen LogP contribution in [0.5, 0.6) is 5.75 Å². The molecule has 0 amide bonds. The molecule has 1 aromatic heterocycles. The minimum absolute atomic E-state index is 0.0711. The molecule has 0 saturated carbocycles. The molecule has 0 bridgehead atoms. The molecule has 5 nitrogen and oxygen atoms in total. The van der Waals surface area contributed by atoms with Crippen molar-refractivity contribution in [2.75, 3.05) is 26.0 Å². The predicted molar refractivity (Wildman–Crippen MR) is 122 cm³/mol. The molecule has 30 heavy (non-hydrogen) atoms. The summed E-state index contributed by atoms with van der Waals surface area (Å²) in [6, 6.07) is 19.6. The second-order valence-electron chi connectivity index (χ2n) is 7.27. The third kappa shape index (κ3) is 5.32. The lowest BCUT2D eigenvalue weighted by molar-refractivity contribution is 0.281. The predicted octanol–water partition coefficient (Wildman–Crippen LogP) is 4.55. The second kappa shape index (κ2) is 9.96. The maximum Gasteiger partial charge on any atom is 0.178 e. The van der Waals surface area contributed by atoms with Crippen molar-refractivity contribution in [2.24, 2.45) is 0 Å². The van der Waals surface area contributed by atoms with Crippen LogP contribution in [0, 0.1) is 0 Å². The second-order valence-corrected chi connectivity index (χ2v) is 9.55. The molecule has 0 atom stereocenters. The molecule has 2 aromatic carbocycles. The molecular formula is C24H30N2O3S. The largest absolute Gasteiger partial charge is 0.496 e. The van der Waals surface area contributed by atoms with Crippen LogP contribution in [-0.2, 0) is 22.8 Å². The van der Waals surface area contributed by atoms with Gasteiger partial charge in [-0.05, 0) is 48.9 Å². The molecule has 0 fully saturated rings. The lowest BCUT2D eigenvalue weighted by Gasteiger charge is -2.19. The fourth-order valence-corrected chi connectivity index (χ4v) is 4.38. The van der Waals surface area contributed by atoms with E-state index >= 15 is 0 Å². The van der Waals surface area contributed by atoms with Crippen molar-refractivity contribution in [1.82, 2.24) is 9.88 Å². The van der Waals surface area contributed by atoms with Crippen molar-refractivity contribution < 1.29 is 13.2 Å². The smallest absolute Gasteiger partial charge is 0.178 e. The SMILES string of the molecule is CCN(CCc1ccccc1)Cc1ccc(-c2cc(S(=O)(=O)CC)ccc2OC)[nH]1. The Bertz CT molecular complexity index is 1060. The monoisotopic (exact) mass is 426 g/mol. The number of nitrogens with zero attached hydrogens (tertiary/aromatic N) is 1. The van der Waals surface area contributed by atoms with Gasteiger partial charge in [-0.2, -0.15) is 0 Å². The zero-order chi connectivity index (χ0) is 21.6. The van der Waals surface area contributed by atoms with Crippen molar-refractivity contribution in [2.45, 2.75) is 31.7 Å². The molecule has 0 aliphatic heterocycles. The molecule has 0 radical (unpaired) electrons. The molecular weight excluding hydrogens is 396 g/mol. The van der Waals surface area contributed by atoms with Crippen LogP contribution in [0.25, 0.3) is 11.3 Å². The summed E-state index contributed by atoms with van der Waals surface area (Å²) >= 11 is 0. The van der Waals surface area contributed by atoms with Gasteiger partial charge in [0.05, 0.1) is 17.8 Å². The number of likely N-dealkylation sites (N-methyl/N-ethyl adjacent to an activating group) is 1. The lowest BCUT2D eigenvalue weighted by Crippen LogP contribution is -2.25. The van der Waals surface area contributed by atoms with Gasteiger partial charge >= 0.3 is 0 Å². The van der Waals surface area contributed by atoms with Crippen LogP contribution in [0.4, 0.5) is 0 Å². The quantitative estimate of drug-likeness (QED) is 0.517. The van der Waals surface area contributed by atoms with Gasteiger partial charge in [-0.25, -0.2) is 8.42 Å². The van der Waals surface area contributed by atoms with E-state index in [2.05, 4.69) is 47.1 Å². The lowest BCUT2D eigenvalue weighted by atomic mass is 10.1. The molecule has 0 spiro atoms. The summed E-state index contributed by atoms with van der Waals surface area (Å²) in [5, 5.41) is 0. The highest BCUT2D eigenvalue weighted by molar-refractivity contribution is 7.91. The number of hydrogen-bond acceptors (Lipinski definition) is 4. The molecule has 3 aromatic rings. The fourth-order valence-electron chi connectivity index (χ4n) is 3.47. The number of aromatic nitrogens is 1. The summed E-state index contributed by atoms with van der Waals surface area (Å²) in [5.74, 6) is 0.719. The first-order valence-electron chi connectivity index (χ1n) is 10.3. The van der Waals surface area contributed by atoms with Crippen molar-refractivity contribution in [3.63, 3.8) is 0 Å². The molecule has 1 heterocycles. The van der Waals surface area contributed by atoms with Crippen LogP contribution in [0.15, 0.2) is 65.6 Å². The van der Waals surface area contributed by atoms with Crippen molar-refractivity contribution in [3.05, 3.63) is 71.9 Å². The Balaban J connectivity index is 1.77. The summed E-state index contributed by atoms with van der Waals surface area (Å²) in [5.41, 5.74) is 4.03. The van der Waals surface area contributed by atoms with E-state index in [1.54, 1.807) is 32.2 Å². The standard InChI is InChI=1S/C24H30N2O3S/c1-4-26(16-15-19-9-7-6-8-10-19)18-20-11-13-23(25-20)22-17-21(30(27,28)5-2)12-14-24(22)29-3/h6-14,17,25H,4-5,15-16,18H2,1-3H3. The third-order valence-corrected chi connectivity index (χ3v) is 7.08. The van der Waals surface area contributed by atoms with Crippen LogP contribution in [0.3, 0.4) is 0 Å². The van der Waals surface area contributed by atoms with Gasteiger partial charge in [-0.3, -0.25) is 4.90 Å². The maximum absolute atomic E-state index is 12.3. The molecule has 3 rings (SSSR count). The van der Waals surface area contributed by atoms with Gasteiger partial charge in [-0.15, -0.1) is 0 Å². The molecule has 6 heteroatoms. The third-order valence-electron chi connectivity index (χ3n) is 5.35. The summed E-state index contributed by atoms with van der Waals surface area (Å²) in [7, 11) is -1.68. The van der Waals surface area contributed by atoms with Crippen molar-refractivity contribution >= 4 is 9.84 Å². The number of nitrogens with one attached hydrogen (secondary N) is 1. The fraction of sp³-hybridized carbons (Fsp3) is 0.333. The highest BCUT2D eigenvalue weighted by Gasteiger charge is 2.17. The number of aromatic amines is 1. The Morgan fingerprint density at radius 2 is 1.77 bits per heavy atom. The van der Waals surface area contributed by atoms with Crippen LogP contribution < -0.4 is 4.74 Å². The summed E-state index contributed by atoms with van der Waals surface area (Å²) in [4.78, 5) is 6.15. The summed E-state index contributed by atoms with van der Waals surface area (Å²) in [6.45, 7) is 6.55. The zero-order valence-electron chi connectivity index (χ0n) is 17.9. The van der Waals surface area contributed by atoms with E-state index in [-0.39, 0.29) is 5.75 Å². The minimum atomic E-state index is -3.28. The van der Waals surface area contributed by atoms with Crippen LogP contribution >= 0.6 is 0 Å². The molecule has 0 saturated heterocycles. The number of benzene rings is 2. The van der Waals surface area contributed by atoms with Gasteiger partial charge in [0.25, 0.3) is 0 Å². The molecule has 160 valence electrons. The molecule has 1 N–H and O–H groups in total. The van der Waals surface area contributed by atoms with Gasteiger partial charge in [0.1, 0.15) is 5.75 Å². The van der Waals surface area contributed by atoms with E-state index in [0.717, 1.165) is 43.0 Å². The number of sulfone groups is 1. The Morgan fingerprint density at radius 1 is 1.00 bits per heavy atom. The van der Waals surface area contributed by atoms with E-state index in [1.807, 2.05) is 12.1 Å². The van der Waals surface area contributed by atoms with E-state index in [1.165, 1.54) is 5.56 Å². The first kappa shape index (κ1) is 22.1. The number of H-pyrrole nitrogens is 1. The van der Waals surface area contributed by atoms with Crippen molar-refractivity contribution in [3.8, 4) is 17.0 Å². The van der Waals surface area contributed by atoms with Crippen LogP contribution in [0.2, 0.25) is 0 Å². The first-order valence-corrected chi connectivity index (χ1v) is 12.0. The Kier molecular flexibility index (Phi) is 7.34. The molecule has 0 unspecified atom stereocenters. The topological polar surface area (TPSA) is 62.4 Å². The highest BCUT2D eigenvalue weighted by atomic mass is 32.2. The molecule has 0 aliphatic rings. The van der Waals surface area contributed by atoms with Crippen LogP contribution in [0.1, 0.15) is 25.1 Å². The van der Waals surface area contributed by atoms with Gasteiger partial charge in [0.15, 0.2) is 9.84 Å². The van der Waals surface area contributed by atoms with Gasteiger partial charge in [0.2, 0.25) is 0 Å². The summed E-state index contributed by atoms with van der Waals surface area (Å²) < 4.78 is 30.1. The van der Waals surface area contributed by atoms with Gasteiger partial charge in [-0.1, -0.05) is 44.2 Å². The number of hydrogen-bond donors (Lipinski definition) is 1. The van der Waals surface area contributed by atoms with E-state index < -0.39 is 9.84 Å². The van der Waals surface area contributed by atoms with E-state index in [0.29, 0.717) is 10.6 Å². The maximum atomic E-state index is 12.3.